The number of nitrogens with two attached hydrogens (primary N) is 1. The Labute approximate surface area is 115 Å². The molecule has 2 N–H and O–H groups in total. The third kappa shape index (κ3) is 5.19. The summed E-state index contributed by atoms with van der Waals surface area (Å²) in [6.45, 7) is 5.10. The van der Waals surface area contributed by atoms with Crippen LogP contribution >= 0.6 is 0 Å². The van der Waals surface area contributed by atoms with Gasteiger partial charge in [0.2, 0.25) is 0 Å². The van der Waals surface area contributed by atoms with Crippen LogP contribution in [-0.4, -0.2) is 18.8 Å². The highest BCUT2D eigenvalue weighted by Crippen LogP contribution is 2.18. The van der Waals surface area contributed by atoms with E-state index in [-0.39, 0.29) is 0 Å². The topological polar surface area (TPSA) is 68.3 Å². The Morgan fingerprint density at radius 2 is 1.74 bits per heavy atom. The van der Waals surface area contributed by atoms with E-state index in [1.807, 2.05) is 38.1 Å². The van der Waals surface area contributed by atoms with Crippen molar-refractivity contribution in [2.45, 2.75) is 38.6 Å². The molecule has 0 aliphatic heterocycles. The maximum atomic E-state index is 8.95. The first-order valence-electron chi connectivity index (χ1n) is 6.69. The van der Waals surface area contributed by atoms with Crippen molar-refractivity contribution in [2.75, 3.05) is 13.2 Å². The highest BCUT2D eigenvalue weighted by molar-refractivity contribution is 5.31. The van der Waals surface area contributed by atoms with Crippen molar-refractivity contribution in [3.05, 3.63) is 24.3 Å². The Bertz CT molecular complexity index is 411. The largest absolute Gasteiger partial charge is 0.494 e. The third-order valence-corrected chi connectivity index (χ3v) is 3.02. The second-order valence-electron chi connectivity index (χ2n) is 4.48. The van der Waals surface area contributed by atoms with Gasteiger partial charge < -0.3 is 15.2 Å². The monoisotopic (exact) mass is 262 g/mol. The molecule has 104 valence electrons. The van der Waals surface area contributed by atoms with E-state index >= 15 is 0 Å². The maximum Gasteiger partial charge on any atom is 0.119 e. The van der Waals surface area contributed by atoms with Crippen LogP contribution in [-0.2, 0) is 0 Å². The van der Waals surface area contributed by atoms with Gasteiger partial charge in [-0.15, -0.1) is 0 Å². The first-order chi connectivity index (χ1) is 9.13. The quantitative estimate of drug-likeness (QED) is 0.731. The second-order valence-corrected chi connectivity index (χ2v) is 4.48. The van der Waals surface area contributed by atoms with E-state index in [0.29, 0.717) is 26.1 Å². The van der Waals surface area contributed by atoms with Crippen LogP contribution < -0.4 is 15.2 Å². The van der Waals surface area contributed by atoms with E-state index in [9.17, 15) is 0 Å². The Balaban J connectivity index is 2.32. The number of ether oxygens (including phenoxy) is 2. The van der Waals surface area contributed by atoms with Crippen LogP contribution in [0.5, 0.6) is 11.5 Å². The zero-order valence-corrected chi connectivity index (χ0v) is 11.7. The molecular weight excluding hydrogens is 240 g/mol. The third-order valence-electron chi connectivity index (χ3n) is 3.02. The summed E-state index contributed by atoms with van der Waals surface area (Å²) in [5.74, 6) is 1.64. The fraction of sp³-hybridized carbons (Fsp3) is 0.533. The zero-order chi connectivity index (χ0) is 14.1. The van der Waals surface area contributed by atoms with Crippen LogP contribution in [0.3, 0.4) is 0 Å². The number of hydrogen-bond donors (Lipinski definition) is 1. The van der Waals surface area contributed by atoms with Gasteiger partial charge in [-0.05, 0) is 50.5 Å². The normalized spacial score (nSPS) is 13.4. The van der Waals surface area contributed by atoms with Crippen LogP contribution in [0.2, 0.25) is 0 Å². The number of rotatable bonds is 8. The first-order valence-corrected chi connectivity index (χ1v) is 6.69. The van der Waals surface area contributed by atoms with Gasteiger partial charge >= 0.3 is 0 Å². The molecule has 4 nitrogen and oxygen atoms in total. The molecule has 0 aliphatic rings. The molecule has 0 saturated carbocycles. The standard InChI is InChI=1S/C15H22N2O2/c1-3-15(17,12-16)10-5-11-19-14-8-6-13(7-9-14)18-4-2/h6-9H,3-5,10-11,17H2,1-2H3. The van der Waals surface area contributed by atoms with Gasteiger partial charge in [-0.3, -0.25) is 0 Å². The summed E-state index contributed by atoms with van der Waals surface area (Å²) < 4.78 is 11.0. The average Bonchev–Trinajstić information content (AvgIpc) is 2.45. The maximum absolute atomic E-state index is 8.95. The summed E-state index contributed by atoms with van der Waals surface area (Å²) in [5, 5.41) is 8.95. The van der Waals surface area contributed by atoms with Crippen LogP contribution in [0.15, 0.2) is 24.3 Å². The van der Waals surface area contributed by atoms with E-state index in [2.05, 4.69) is 6.07 Å². The van der Waals surface area contributed by atoms with E-state index < -0.39 is 5.54 Å². The van der Waals surface area contributed by atoms with Gasteiger partial charge in [-0.25, -0.2) is 0 Å². The minimum Gasteiger partial charge on any atom is -0.494 e. The van der Waals surface area contributed by atoms with Crippen LogP contribution in [0.25, 0.3) is 0 Å². The molecule has 0 heterocycles. The molecule has 4 heteroatoms. The molecule has 0 radical (unpaired) electrons. The summed E-state index contributed by atoms with van der Waals surface area (Å²) in [7, 11) is 0. The van der Waals surface area contributed by atoms with Crippen molar-refractivity contribution in [1.82, 2.24) is 0 Å². The molecule has 0 aliphatic carbocycles. The van der Waals surface area contributed by atoms with Crippen LogP contribution in [0.1, 0.15) is 33.1 Å². The van der Waals surface area contributed by atoms with E-state index in [0.717, 1.165) is 17.9 Å². The molecule has 0 spiro atoms. The minimum absolute atomic E-state index is 0.564. The van der Waals surface area contributed by atoms with Gasteiger partial charge in [0.1, 0.15) is 17.0 Å². The lowest BCUT2D eigenvalue weighted by Crippen LogP contribution is -2.37. The SMILES string of the molecule is CCOc1ccc(OCCCC(N)(C#N)CC)cc1. The lowest BCUT2D eigenvalue weighted by molar-refractivity contribution is 0.290. The van der Waals surface area contributed by atoms with Gasteiger partial charge in [0.25, 0.3) is 0 Å². The van der Waals surface area contributed by atoms with E-state index in [4.69, 9.17) is 20.5 Å². The van der Waals surface area contributed by atoms with Crippen molar-refractivity contribution in [1.29, 1.82) is 5.26 Å². The molecule has 0 saturated heterocycles. The van der Waals surface area contributed by atoms with Crippen molar-refractivity contribution in [3.8, 4) is 17.6 Å². The lowest BCUT2D eigenvalue weighted by atomic mass is 9.94. The van der Waals surface area contributed by atoms with Gasteiger partial charge in [0, 0.05) is 0 Å². The fourth-order valence-corrected chi connectivity index (χ4v) is 1.69. The number of nitriles is 1. The Hall–Kier alpha value is -1.73. The van der Waals surface area contributed by atoms with Crippen molar-refractivity contribution >= 4 is 0 Å². The summed E-state index contributed by atoms with van der Waals surface area (Å²) in [6, 6.07) is 9.68. The van der Waals surface area contributed by atoms with E-state index in [1.54, 1.807) is 0 Å². The van der Waals surface area contributed by atoms with Crippen molar-refractivity contribution in [3.63, 3.8) is 0 Å². The summed E-state index contributed by atoms with van der Waals surface area (Å²) in [4.78, 5) is 0. The predicted octanol–water partition coefficient (Wildman–Crippen LogP) is 2.88. The Kier molecular flexibility index (Phi) is 6.17. The molecule has 0 aromatic heterocycles. The van der Waals surface area contributed by atoms with E-state index in [1.165, 1.54) is 0 Å². The van der Waals surface area contributed by atoms with Gasteiger partial charge in [0.05, 0.1) is 19.3 Å². The van der Waals surface area contributed by atoms with Crippen molar-refractivity contribution < 1.29 is 9.47 Å². The zero-order valence-electron chi connectivity index (χ0n) is 11.7. The van der Waals surface area contributed by atoms with Crippen LogP contribution in [0.4, 0.5) is 0 Å². The van der Waals surface area contributed by atoms with Gasteiger partial charge in [0.15, 0.2) is 0 Å². The Morgan fingerprint density at radius 1 is 1.16 bits per heavy atom. The average molecular weight is 262 g/mol. The summed E-state index contributed by atoms with van der Waals surface area (Å²) >= 11 is 0. The summed E-state index contributed by atoms with van der Waals surface area (Å²) in [6.07, 6.45) is 2.08. The second kappa shape index (κ2) is 7.65. The Morgan fingerprint density at radius 3 is 2.21 bits per heavy atom. The summed E-state index contributed by atoms with van der Waals surface area (Å²) in [5.41, 5.74) is 5.18. The van der Waals surface area contributed by atoms with Crippen molar-refractivity contribution in [2.24, 2.45) is 5.73 Å². The van der Waals surface area contributed by atoms with Gasteiger partial charge in [-0.2, -0.15) is 5.26 Å². The highest BCUT2D eigenvalue weighted by atomic mass is 16.5. The molecule has 19 heavy (non-hydrogen) atoms. The predicted molar refractivity (Wildman–Crippen MR) is 75.2 cm³/mol. The lowest BCUT2D eigenvalue weighted by Gasteiger charge is -2.18. The molecule has 0 amide bonds. The number of benzene rings is 1. The van der Waals surface area contributed by atoms with Crippen LogP contribution in [0, 0.1) is 11.3 Å². The first kappa shape index (κ1) is 15.3. The number of hydrogen-bond acceptors (Lipinski definition) is 4. The highest BCUT2D eigenvalue weighted by Gasteiger charge is 2.20. The molecule has 1 aromatic carbocycles. The smallest absolute Gasteiger partial charge is 0.119 e. The fourth-order valence-electron chi connectivity index (χ4n) is 1.69. The molecular formula is C15H22N2O2. The molecule has 1 aromatic rings. The molecule has 1 atom stereocenters. The molecule has 1 rings (SSSR count). The number of nitrogens with zero attached hydrogens (tertiary/aromatic N) is 1. The molecule has 0 bridgehead atoms. The molecule has 1 unspecified atom stereocenters. The minimum atomic E-state index is -0.720. The molecule has 0 fully saturated rings. The van der Waals surface area contributed by atoms with Gasteiger partial charge in [-0.1, -0.05) is 6.92 Å².